The molecule has 0 spiro atoms. The minimum atomic E-state index is -0.611. The Kier molecular flexibility index (Phi) is 7.04. The van der Waals surface area contributed by atoms with Crippen molar-refractivity contribution in [1.29, 1.82) is 0 Å². The van der Waals surface area contributed by atoms with E-state index < -0.39 is 5.41 Å². The van der Waals surface area contributed by atoms with Crippen LogP contribution in [-0.4, -0.2) is 18.8 Å². The summed E-state index contributed by atoms with van der Waals surface area (Å²) in [6.45, 7) is 0. The SMILES string of the molecule is c1ccc(-c2nc3ccccn3c2-c2ccc3c(c2)C(c2ccccc2)(c2ccccc2)c2cc(-c4c(-c5ccccc5)nc5ccccn45)ccc2-3)cc1. The fraction of sp³-hybridized carbons (Fsp3) is 0.0196. The first-order chi connectivity index (χ1) is 27.3. The Balaban J connectivity index is 1.22. The van der Waals surface area contributed by atoms with Gasteiger partial charge in [0.1, 0.15) is 11.3 Å². The molecule has 0 amide bonds. The van der Waals surface area contributed by atoms with E-state index in [9.17, 15) is 0 Å². The Morgan fingerprint density at radius 1 is 0.345 bits per heavy atom. The molecule has 4 heterocycles. The molecule has 4 aromatic heterocycles. The van der Waals surface area contributed by atoms with Gasteiger partial charge in [-0.25, -0.2) is 9.97 Å². The first kappa shape index (κ1) is 31.2. The highest BCUT2D eigenvalue weighted by Crippen LogP contribution is 2.58. The number of nitrogens with zero attached hydrogens (tertiary/aromatic N) is 4. The lowest BCUT2D eigenvalue weighted by Crippen LogP contribution is -2.28. The molecular weight excluding hydrogens is 669 g/mol. The topological polar surface area (TPSA) is 34.6 Å². The first-order valence-corrected chi connectivity index (χ1v) is 18.8. The number of hydrogen-bond donors (Lipinski definition) is 0. The Morgan fingerprint density at radius 3 is 1.15 bits per heavy atom. The van der Waals surface area contributed by atoms with Crippen molar-refractivity contribution in [1.82, 2.24) is 18.8 Å². The lowest BCUT2D eigenvalue weighted by Gasteiger charge is -2.34. The zero-order valence-corrected chi connectivity index (χ0v) is 29.9. The molecule has 0 bridgehead atoms. The molecule has 0 saturated carbocycles. The normalized spacial score (nSPS) is 12.9. The summed E-state index contributed by atoms with van der Waals surface area (Å²) in [7, 11) is 0. The molecular formula is C51H34N4. The summed E-state index contributed by atoms with van der Waals surface area (Å²) in [6.07, 6.45) is 4.25. The van der Waals surface area contributed by atoms with Gasteiger partial charge in [-0.1, -0.05) is 158 Å². The Hall–Kier alpha value is -7.30. The minimum Gasteiger partial charge on any atom is -0.299 e. The van der Waals surface area contributed by atoms with Gasteiger partial charge in [0.05, 0.1) is 28.2 Å². The van der Waals surface area contributed by atoms with E-state index in [0.29, 0.717) is 0 Å². The lowest BCUT2D eigenvalue weighted by atomic mass is 9.67. The first-order valence-electron chi connectivity index (χ1n) is 18.8. The van der Waals surface area contributed by atoms with Crippen molar-refractivity contribution in [3.05, 3.63) is 229 Å². The molecule has 1 aliphatic rings. The molecule has 0 fully saturated rings. The number of imidazole rings is 2. The number of fused-ring (bicyclic) bond motifs is 5. The van der Waals surface area contributed by atoms with E-state index in [1.165, 1.54) is 33.4 Å². The number of rotatable bonds is 6. The van der Waals surface area contributed by atoms with Gasteiger partial charge in [-0.15, -0.1) is 0 Å². The van der Waals surface area contributed by atoms with Gasteiger partial charge in [-0.05, 0) is 69.8 Å². The summed E-state index contributed by atoms with van der Waals surface area (Å²) in [6, 6.07) is 69.7. The van der Waals surface area contributed by atoms with Crippen molar-refractivity contribution in [3.8, 4) is 56.2 Å². The smallest absolute Gasteiger partial charge is 0.137 e. The fourth-order valence-electron chi connectivity index (χ4n) is 8.92. The van der Waals surface area contributed by atoms with Gasteiger partial charge in [0.2, 0.25) is 0 Å². The van der Waals surface area contributed by atoms with Gasteiger partial charge in [0.15, 0.2) is 0 Å². The van der Waals surface area contributed by atoms with Crippen molar-refractivity contribution in [2.75, 3.05) is 0 Å². The van der Waals surface area contributed by atoms with E-state index in [2.05, 4.69) is 215 Å². The highest BCUT2D eigenvalue weighted by molar-refractivity contribution is 5.93. The van der Waals surface area contributed by atoms with Crippen LogP contribution >= 0.6 is 0 Å². The van der Waals surface area contributed by atoms with Gasteiger partial charge >= 0.3 is 0 Å². The van der Waals surface area contributed by atoms with Gasteiger partial charge in [-0.2, -0.15) is 0 Å². The summed E-state index contributed by atoms with van der Waals surface area (Å²) >= 11 is 0. The average Bonchev–Trinajstić information content (AvgIpc) is 3.93. The van der Waals surface area contributed by atoms with Gasteiger partial charge in [0, 0.05) is 34.6 Å². The maximum Gasteiger partial charge on any atom is 0.137 e. The molecule has 0 aliphatic heterocycles. The number of pyridine rings is 2. The van der Waals surface area contributed by atoms with Crippen molar-refractivity contribution in [2.45, 2.75) is 5.41 Å². The van der Waals surface area contributed by atoms with Crippen LogP contribution in [0.2, 0.25) is 0 Å². The Bertz CT molecular complexity index is 2810. The molecule has 0 atom stereocenters. The molecule has 4 heteroatoms. The van der Waals surface area contributed by atoms with E-state index in [1.54, 1.807) is 0 Å². The molecule has 4 nitrogen and oxygen atoms in total. The monoisotopic (exact) mass is 702 g/mol. The van der Waals surface area contributed by atoms with E-state index in [-0.39, 0.29) is 0 Å². The molecule has 0 N–H and O–H groups in total. The van der Waals surface area contributed by atoms with Gasteiger partial charge in [-0.3, -0.25) is 8.80 Å². The Labute approximate surface area is 319 Å². The molecule has 1 aliphatic carbocycles. The van der Waals surface area contributed by atoms with Crippen LogP contribution in [0.1, 0.15) is 22.3 Å². The zero-order chi connectivity index (χ0) is 36.3. The second-order valence-corrected chi connectivity index (χ2v) is 14.2. The summed E-state index contributed by atoms with van der Waals surface area (Å²) < 4.78 is 4.46. The van der Waals surface area contributed by atoms with Crippen LogP contribution in [-0.2, 0) is 5.41 Å². The van der Waals surface area contributed by atoms with Crippen LogP contribution in [0.15, 0.2) is 207 Å². The number of aromatic nitrogens is 4. The summed E-state index contributed by atoms with van der Waals surface area (Å²) in [5.74, 6) is 0. The maximum atomic E-state index is 5.20. The molecule has 0 unspecified atom stereocenters. The maximum absolute atomic E-state index is 5.20. The highest BCUT2D eigenvalue weighted by atomic mass is 15.0. The Morgan fingerprint density at radius 2 is 0.727 bits per heavy atom. The standard InChI is InChI=1S/C51H34N4/c1-5-17-35(18-6-1)47-49(54-31-15-13-25-45(54)52-47)37-27-29-41-42-30-28-38(50-48(36-19-7-2-8-20-36)53-46-26-14-16-32-55(46)50)34-44(42)51(43(41)33-37,39-21-9-3-10-22-39)40-23-11-4-12-24-40/h1-34H. The van der Waals surface area contributed by atoms with Crippen molar-refractivity contribution < 1.29 is 0 Å². The molecule has 258 valence electrons. The van der Waals surface area contributed by atoms with E-state index >= 15 is 0 Å². The van der Waals surface area contributed by atoms with Crippen LogP contribution in [0.3, 0.4) is 0 Å². The molecule has 10 aromatic rings. The van der Waals surface area contributed by atoms with E-state index in [1.807, 2.05) is 0 Å². The predicted octanol–water partition coefficient (Wildman–Crippen LogP) is 12.0. The van der Waals surface area contributed by atoms with Crippen LogP contribution in [0.25, 0.3) is 67.5 Å². The van der Waals surface area contributed by atoms with Crippen LogP contribution in [0, 0.1) is 0 Å². The van der Waals surface area contributed by atoms with E-state index in [4.69, 9.17) is 9.97 Å². The zero-order valence-electron chi connectivity index (χ0n) is 29.9. The largest absolute Gasteiger partial charge is 0.299 e. The number of hydrogen-bond acceptors (Lipinski definition) is 2. The highest BCUT2D eigenvalue weighted by Gasteiger charge is 2.46. The molecule has 0 radical (unpaired) electrons. The molecule has 11 rings (SSSR count). The second kappa shape index (κ2) is 12.4. The predicted molar refractivity (Wildman–Crippen MR) is 223 cm³/mol. The molecule has 55 heavy (non-hydrogen) atoms. The quantitative estimate of drug-likeness (QED) is 0.173. The third-order valence-electron chi connectivity index (χ3n) is 11.3. The van der Waals surface area contributed by atoms with Crippen molar-refractivity contribution in [2.24, 2.45) is 0 Å². The summed E-state index contributed by atoms with van der Waals surface area (Å²) in [5.41, 5.74) is 17.2. The van der Waals surface area contributed by atoms with Crippen molar-refractivity contribution >= 4 is 11.3 Å². The third kappa shape index (κ3) is 4.71. The lowest BCUT2D eigenvalue weighted by molar-refractivity contribution is 0.769. The fourth-order valence-corrected chi connectivity index (χ4v) is 8.92. The summed E-state index contributed by atoms with van der Waals surface area (Å²) in [4.78, 5) is 10.4. The van der Waals surface area contributed by atoms with Crippen LogP contribution < -0.4 is 0 Å². The average molecular weight is 703 g/mol. The third-order valence-corrected chi connectivity index (χ3v) is 11.3. The van der Waals surface area contributed by atoms with Gasteiger partial charge < -0.3 is 0 Å². The van der Waals surface area contributed by atoms with E-state index in [0.717, 1.165) is 56.3 Å². The summed E-state index contributed by atoms with van der Waals surface area (Å²) in [5, 5.41) is 0. The minimum absolute atomic E-state index is 0.611. The van der Waals surface area contributed by atoms with Crippen LogP contribution in [0.4, 0.5) is 0 Å². The molecule has 6 aromatic carbocycles. The van der Waals surface area contributed by atoms with Gasteiger partial charge in [0.25, 0.3) is 0 Å². The second-order valence-electron chi connectivity index (χ2n) is 14.2. The van der Waals surface area contributed by atoms with Crippen molar-refractivity contribution in [3.63, 3.8) is 0 Å². The van der Waals surface area contributed by atoms with Crippen LogP contribution in [0.5, 0.6) is 0 Å². The number of benzene rings is 6. The molecule has 0 saturated heterocycles.